The molecule has 23 heavy (non-hydrogen) atoms. The predicted molar refractivity (Wildman–Crippen MR) is 91.6 cm³/mol. The molecule has 1 aromatic heterocycles. The maximum absolute atomic E-state index is 9.08. The third-order valence-corrected chi connectivity index (χ3v) is 4.49. The van der Waals surface area contributed by atoms with Gasteiger partial charge in [-0.3, -0.25) is 9.88 Å². The summed E-state index contributed by atoms with van der Waals surface area (Å²) in [7, 11) is 0. The van der Waals surface area contributed by atoms with Gasteiger partial charge in [-0.2, -0.15) is 0 Å². The molecule has 0 radical (unpaired) electrons. The van der Waals surface area contributed by atoms with Crippen molar-refractivity contribution in [1.29, 1.82) is 0 Å². The van der Waals surface area contributed by atoms with E-state index >= 15 is 0 Å². The summed E-state index contributed by atoms with van der Waals surface area (Å²) in [5.41, 5.74) is 3.28. The minimum absolute atomic E-state index is 0.167. The Morgan fingerprint density at radius 2 is 2.17 bits per heavy atom. The van der Waals surface area contributed by atoms with Gasteiger partial charge in [0.05, 0.1) is 6.20 Å². The molecule has 0 bridgehead atoms. The standard InChI is InChI=1S/C19H24N2O2/c1-2-21-8-6-18(21)14-23-19-11-17(12-20-13-19)16-5-3-4-15(10-16)7-9-22/h3-5,10-13,18,22H,2,6-9,14H2,1H3. The van der Waals surface area contributed by atoms with Crippen molar-refractivity contribution >= 4 is 0 Å². The number of hydrogen-bond acceptors (Lipinski definition) is 4. The molecular weight excluding hydrogens is 288 g/mol. The average Bonchev–Trinajstić information content (AvgIpc) is 2.55. The van der Waals surface area contributed by atoms with Crippen LogP contribution >= 0.6 is 0 Å². The summed E-state index contributed by atoms with van der Waals surface area (Å²) in [5.74, 6) is 0.818. The van der Waals surface area contributed by atoms with Crippen LogP contribution in [0.25, 0.3) is 11.1 Å². The quantitative estimate of drug-likeness (QED) is 0.854. The molecular formula is C19H24N2O2. The second-order valence-electron chi connectivity index (χ2n) is 5.97. The van der Waals surface area contributed by atoms with Crippen LogP contribution < -0.4 is 4.74 Å². The number of rotatable bonds is 7. The van der Waals surface area contributed by atoms with Crippen molar-refractivity contribution in [1.82, 2.24) is 9.88 Å². The van der Waals surface area contributed by atoms with Gasteiger partial charge in [0.2, 0.25) is 0 Å². The van der Waals surface area contributed by atoms with Crippen LogP contribution in [0.3, 0.4) is 0 Å². The lowest BCUT2D eigenvalue weighted by molar-refractivity contribution is 0.0560. The monoisotopic (exact) mass is 312 g/mol. The Morgan fingerprint density at radius 1 is 1.26 bits per heavy atom. The first-order chi connectivity index (χ1) is 11.3. The van der Waals surface area contributed by atoms with Crippen LogP contribution in [-0.2, 0) is 6.42 Å². The van der Waals surface area contributed by atoms with Crippen molar-refractivity contribution in [3.05, 3.63) is 48.3 Å². The maximum atomic E-state index is 9.08. The Balaban J connectivity index is 1.68. The zero-order valence-electron chi connectivity index (χ0n) is 13.6. The number of likely N-dealkylation sites (N-methyl/N-ethyl adjacent to an activating group) is 1. The zero-order valence-corrected chi connectivity index (χ0v) is 13.6. The van der Waals surface area contributed by atoms with Crippen molar-refractivity contribution < 1.29 is 9.84 Å². The van der Waals surface area contributed by atoms with Crippen LogP contribution in [0.15, 0.2) is 42.7 Å². The number of aromatic nitrogens is 1. The largest absolute Gasteiger partial charge is 0.490 e. The molecule has 0 aliphatic carbocycles. The Labute approximate surface area is 137 Å². The first kappa shape index (κ1) is 16.0. The Bertz CT molecular complexity index is 643. The molecule has 2 heterocycles. The highest BCUT2D eigenvalue weighted by Crippen LogP contribution is 2.25. The van der Waals surface area contributed by atoms with E-state index in [1.807, 2.05) is 24.4 Å². The molecule has 1 unspecified atom stereocenters. The van der Waals surface area contributed by atoms with Crippen molar-refractivity contribution in [2.45, 2.75) is 25.8 Å². The first-order valence-corrected chi connectivity index (χ1v) is 8.32. The van der Waals surface area contributed by atoms with Crippen LogP contribution in [0, 0.1) is 0 Å². The van der Waals surface area contributed by atoms with Crippen LogP contribution in [0.2, 0.25) is 0 Å². The molecule has 1 aliphatic heterocycles. The average molecular weight is 312 g/mol. The Hall–Kier alpha value is -1.91. The van der Waals surface area contributed by atoms with Crippen molar-refractivity contribution in [3.8, 4) is 16.9 Å². The van der Waals surface area contributed by atoms with E-state index in [4.69, 9.17) is 9.84 Å². The van der Waals surface area contributed by atoms with E-state index in [0.717, 1.165) is 35.6 Å². The molecule has 0 amide bonds. The van der Waals surface area contributed by atoms with E-state index in [9.17, 15) is 0 Å². The van der Waals surface area contributed by atoms with Gasteiger partial charge < -0.3 is 9.84 Å². The number of likely N-dealkylation sites (tertiary alicyclic amines) is 1. The van der Waals surface area contributed by atoms with Gasteiger partial charge in [0.1, 0.15) is 12.4 Å². The second kappa shape index (κ2) is 7.57. The number of aliphatic hydroxyl groups excluding tert-OH is 1. The summed E-state index contributed by atoms with van der Waals surface area (Å²) < 4.78 is 5.94. The molecule has 0 saturated carbocycles. The number of hydrogen-bond donors (Lipinski definition) is 1. The van der Waals surface area contributed by atoms with Crippen LogP contribution in [0.1, 0.15) is 18.9 Å². The van der Waals surface area contributed by atoms with E-state index in [1.165, 1.54) is 13.0 Å². The van der Waals surface area contributed by atoms with Gasteiger partial charge in [-0.05, 0) is 36.6 Å². The smallest absolute Gasteiger partial charge is 0.138 e. The molecule has 1 aromatic carbocycles. The number of ether oxygens (including phenoxy) is 1. The molecule has 3 rings (SSSR count). The molecule has 2 aromatic rings. The Kier molecular flexibility index (Phi) is 5.26. The summed E-state index contributed by atoms with van der Waals surface area (Å²) in [4.78, 5) is 6.74. The van der Waals surface area contributed by atoms with Gasteiger partial charge in [0.15, 0.2) is 0 Å². The number of nitrogens with zero attached hydrogens (tertiary/aromatic N) is 2. The van der Waals surface area contributed by atoms with Gasteiger partial charge >= 0.3 is 0 Å². The molecule has 1 fully saturated rings. The molecule has 1 atom stereocenters. The van der Waals surface area contributed by atoms with E-state index in [0.29, 0.717) is 12.5 Å². The van der Waals surface area contributed by atoms with E-state index in [1.54, 1.807) is 6.20 Å². The summed E-state index contributed by atoms with van der Waals surface area (Å²) >= 11 is 0. The molecule has 1 N–H and O–H groups in total. The lowest BCUT2D eigenvalue weighted by Crippen LogP contribution is -2.50. The van der Waals surface area contributed by atoms with Crippen LogP contribution in [0.5, 0.6) is 5.75 Å². The van der Waals surface area contributed by atoms with Crippen LogP contribution in [-0.4, -0.2) is 47.3 Å². The van der Waals surface area contributed by atoms with Gasteiger partial charge in [0.25, 0.3) is 0 Å². The van der Waals surface area contributed by atoms with Crippen molar-refractivity contribution in [2.24, 2.45) is 0 Å². The highest BCUT2D eigenvalue weighted by molar-refractivity contribution is 5.64. The highest BCUT2D eigenvalue weighted by Gasteiger charge is 2.26. The van der Waals surface area contributed by atoms with Gasteiger partial charge in [-0.1, -0.05) is 31.2 Å². The first-order valence-electron chi connectivity index (χ1n) is 8.32. The number of aliphatic hydroxyl groups is 1. The molecule has 0 spiro atoms. The maximum Gasteiger partial charge on any atom is 0.138 e. The van der Waals surface area contributed by atoms with E-state index < -0.39 is 0 Å². The van der Waals surface area contributed by atoms with E-state index in [-0.39, 0.29) is 6.61 Å². The van der Waals surface area contributed by atoms with Gasteiger partial charge in [-0.15, -0.1) is 0 Å². The highest BCUT2D eigenvalue weighted by atomic mass is 16.5. The number of benzene rings is 1. The summed E-state index contributed by atoms with van der Waals surface area (Å²) in [6.07, 6.45) is 5.51. The van der Waals surface area contributed by atoms with Gasteiger partial charge in [-0.25, -0.2) is 0 Å². The third-order valence-electron chi connectivity index (χ3n) is 4.49. The lowest BCUT2D eigenvalue weighted by Gasteiger charge is -2.39. The van der Waals surface area contributed by atoms with Crippen LogP contribution in [0.4, 0.5) is 0 Å². The predicted octanol–water partition coefficient (Wildman–Crippen LogP) is 2.76. The fourth-order valence-electron chi connectivity index (χ4n) is 2.98. The van der Waals surface area contributed by atoms with Crippen molar-refractivity contribution in [2.75, 3.05) is 26.3 Å². The zero-order chi connectivity index (χ0) is 16.1. The van der Waals surface area contributed by atoms with E-state index in [2.05, 4.69) is 28.9 Å². The molecule has 1 saturated heterocycles. The molecule has 122 valence electrons. The summed E-state index contributed by atoms with van der Waals surface area (Å²) in [6.45, 7) is 5.35. The fourth-order valence-corrected chi connectivity index (χ4v) is 2.98. The number of pyridine rings is 1. The normalized spacial score (nSPS) is 17.7. The fraction of sp³-hybridized carbons (Fsp3) is 0.421. The van der Waals surface area contributed by atoms with Gasteiger partial charge in [0, 0.05) is 31.0 Å². The SMILES string of the molecule is CCN1CCC1COc1cncc(-c2cccc(CCO)c2)c1. The molecule has 4 nitrogen and oxygen atoms in total. The topological polar surface area (TPSA) is 45.6 Å². The summed E-state index contributed by atoms with van der Waals surface area (Å²) in [5, 5.41) is 9.08. The second-order valence-corrected chi connectivity index (χ2v) is 5.97. The minimum atomic E-state index is 0.167. The minimum Gasteiger partial charge on any atom is -0.490 e. The lowest BCUT2D eigenvalue weighted by atomic mass is 10.0. The molecule has 4 heteroatoms. The third kappa shape index (κ3) is 3.89. The Morgan fingerprint density at radius 3 is 2.91 bits per heavy atom. The molecule has 1 aliphatic rings. The van der Waals surface area contributed by atoms with Crippen molar-refractivity contribution in [3.63, 3.8) is 0 Å². The summed E-state index contributed by atoms with van der Waals surface area (Å²) in [6, 6.07) is 10.8.